The normalized spacial score (nSPS) is 22.0. The fourth-order valence-electron chi connectivity index (χ4n) is 1.87. The van der Waals surface area contributed by atoms with E-state index in [0.29, 0.717) is 6.42 Å². The lowest BCUT2D eigenvalue weighted by Gasteiger charge is -2.09. The van der Waals surface area contributed by atoms with E-state index < -0.39 is 11.9 Å². The van der Waals surface area contributed by atoms with Crippen molar-refractivity contribution in [3.8, 4) is 0 Å². The lowest BCUT2D eigenvalue weighted by Crippen LogP contribution is -2.17. The number of aliphatic carboxylic acids is 1. The molecule has 90 valence electrons. The van der Waals surface area contributed by atoms with Crippen molar-refractivity contribution in [3.05, 3.63) is 29.3 Å². The van der Waals surface area contributed by atoms with Gasteiger partial charge in [0.15, 0.2) is 0 Å². The zero-order chi connectivity index (χ0) is 12.6. The molecule has 4 nitrogen and oxygen atoms in total. The number of hydrogen-bond acceptors (Lipinski definition) is 2. The Labute approximate surface area is 99.6 Å². The summed E-state index contributed by atoms with van der Waals surface area (Å²) < 4.78 is 0. The molecule has 17 heavy (non-hydrogen) atoms. The highest BCUT2D eigenvalue weighted by atomic mass is 16.4. The van der Waals surface area contributed by atoms with Crippen LogP contribution in [-0.2, 0) is 9.59 Å². The molecule has 1 amide bonds. The molecule has 0 radical (unpaired) electrons. The molecule has 2 atom stereocenters. The molecule has 0 aliphatic heterocycles. The molecule has 4 heteroatoms. The summed E-state index contributed by atoms with van der Waals surface area (Å²) in [5.41, 5.74) is 2.90. The standard InChI is InChI=1S/C13H15NO3/c1-7-4-3-5-11(8(7)2)14-12(15)9-6-10(9)13(16)17/h3-5,9-10H,6H2,1-2H3,(H,14,15)(H,16,17)/t9-,10+/m1/s1. The van der Waals surface area contributed by atoms with Crippen LogP contribution in [0, 0.1) is 25.7 Å². The van der Waals surface area contributed by atoms with E-state index in [0.717, 1.165) is 16.8 Å². The van der Waals surface area contributed by atoms with E-state index in [9.17, 15) is 9.59 Å². The van der Waals surface area contributed by atoms with Crippen LogP contribution in [0.5, 0.6) is 0 Å². The van der Waals surface area contributed by atoms with Crippen molar-refractivity contribution < 1.29 is 14.7 Å². The average Bonchev–Trinajstić information content (AvgIpc) is 3.04. The molecule has 0 heterocycles. The van der Waals surface area contributed by atoms with E-state index in [1.807, 2.05) is 32.0 Å². The molecule has 1 aliphatic carbocycles. The number of anilines is 1. The van der Waals surface area contributed by atoms with Gasteiger partial charge in [-0.2, -0.15) is 0 Å². The Morgan fingerprint density at radius 1 is 1.29 bits per heavy atom. The second-order valence-electron chi connectivity index (χ2n) is 4.52. The number of carboxylic acid groups (broad SMARTS) is 1. The van der Waals surface area contributed by atoms with E-state index in [2.05, 4.69) is 5.32 Å². The second-order valence-corrected chi connectivity index (χ2v) is 4.52. The molecule has 2 N–H and O–H groups in total. The van der Waals surface area contributed by atoms with Crippen molar-refractivity contribution in [3.63, 3.8) is 0 Å². The number of carbonyl (C=O) groups excluding carboxylic acids is 1. The molecule has 1 fully saturated rings. The van der Waals surface area contributed by atoms with Crippen LogP contribution in [0.25, 0.3) is 0 Å². The van der Waals surface area contributed by atoms with Crippen LogP contribution in [0.3, 0.4) is 0 Å². The first-order valence-electron chi connectivity index (χ1n) is 5.60. The molecule has 1 aromatic rings. The van der Waals surface area contributed by atoms with Crippen LogP contribution < -0.4 is 5.32 Å². The van der Waals surface area contributed by atoms with E-state index in [-0.39, 0.29) is 11.8 Å². The van der Waals surface area contributed by atoms with Crippen molar-refractivity contribution in [2.24, 2.45) is 11.8 Å². The number of benzene rings is 1. The highest BCUT2D eigenvalue weighted by molar-refractivity contribution is 5.98. The minimum atomic E-state index is -0.883. The van der Waals surface area contributed by atoms with Crippen LogP contribution in [0.15, 0.2) is 18.2 Å². The fourth-order valence-corrected chi connectivity index (χ4v) is 1.87. The fraction of sp³-hybridized carbons (Fsp3) is 0.385. The maximum absolute atomic E-state index is 11.8. The molecular weight excluding hydrogens is 218 g/mol. The highest BCUT2D eigenvalue weighted by Gasteiger charge is 2.48. The number of amides is 1. The average molecular weight is 233 g/mol. The topological polar surface area (TPSA) is 66.4 Å². The minimum absolute atomic E-state index is 0.189. The first-order valence-corrected chi connectivity index (χ1v) is 5.60. The third-order valence-electron chi connectivity index (χ3n) is 3.31. The zero-order valence-corrected chi connectivity index (χ0v) is 9.86. The van der Waals surface area contributed by atoms with Crippen molar-refractivity contribution in [2.45, 2.75) is 20.3 Å². The minimum Gasteiger partial charge on any atom is -0.481 e. The quantitative estimate of drug-likeness (QED) is 0.838. The van der Waals surface area contributed by atoms with Gasteiger partial charge < -0.3 is 10.4 Å². The summed E-state index contributed by atoms with van der Waals surface area (Å²) in [7, 11) is 0. The van der Waals surface area contributed by atoms with Gasteiger partial charge in [0.05, 0.1) is 11.8 Å². The second kappa shape index (κ2) is 4.20. The summed E-state index contributed by atoms with van der Waals surface area (Å²) >= 11 is 0. The number of rotatable bonds is 3. The number of carboxylic acids is 1. The van der Waals surface area contributed by atoms with Gasteiger partial charge in [-0.3, -0.25) is 9.59 Å². The zero-order valence-electron chi connectivity index (χ0n) is 9.86. The third-order valence-corrected chi connectivity index (χ3v) is 3.31. The summed E-state index contributed by atoms with van der Waals surface area (Å²) in [5.74, 6) is -1.94. The molecule has 0 saturated heterocycles. The number of hydrogen-bond donors (Lipinski definition) is 2. The first-order chi connectivity index (χ1) is 8.00. The summed E-state index contributed by atoms with van der Waals surface area (Å²) in [6, 6.07) is 5.68. The van der Waals surface area contributed by atoms with Crippen LogP contribution in [0.2, 0.25) is 0 Å². The number of nitrogens with one attached hydrogen (secondary N) is 1. The van der Waals surface area contributed by atoms with Gasteiger partial charge >= 0.3 is 5.97 Å². The summed E-state index contributed by atoms with van der Waals surface area (Å²) in [6.07, 6.45) is 0.450. The van der Waals surface area contributed by atoms with Gasteiger partial charge in [0.2, 0.25) is 5.91 Å². The van der Waals surface area contributed by atoms with Crippen LogP contribution in [0.4, 0.5) is 5.69 Å². The molecule has 0 spiro atoms. The van der Waals surface area contributed by atoms with Crippen molar-refractivity contribution in [1.82, 2.24) is 0 Å². The van der Waals surface area contributed by atoms with E-state index >= 15 is 0 Å². The summed E-state index contributed by atoms with van der Waals surface area (Å²) in [4.78, 5) is 22.4. The Balaban J connectivity index is 2.05. The van der Waals surface area contributed by atoms with Gasteiger partial charge in [0.1, 0.15) is 0 Å². The van der Waals surface area contributed by atoms with Crippen molar-refractivity contribution >= 4 is 17.6 Å². The molecule has 1 saturated carbocycles. The van der Waals surface area contributed by atoms with E-state index in [1.54, 1.807) is 0 Å². The number of aryl methyl sites for hydroxylation is 1. The van der Waals surface area contributed by atoms with Gasteiger partial charge in [-0.1, -0.05) is 12.1 Å². The van der Waals surface area contributed by atoms with Crippen LogP contribution >= 0.6 is 0 Å². The Bertz CT molecular complexity index is 482. The van der Waals surface area contributed by atoms with Crippen LogP contribution in [-0.4, -0.2) is 17.0 Å². The molecule has 0 bridgehead atoms. The predicted octanol–water partition coefficient (Wildman–Crippen LogP) is 1.96. The summed E-state index contributed by atoms with van der Waals surface area (Å²) in [6.45, 7) is 3.91. The van der Waals surface area contributed by atoms with Crippen LogP contribution in [0.1, 0.15) is 17.5 Å². The largest absolute Gasteiger partial charge is 0.481 e. The third kappa shape index (κ3) is 2.30. The van der Waals surface area contributed by atoms with E-state index in [1.165, 1.54) is 0 Å². The SMILES string of the molecule is Cc1cccc(NC(=O)[C@@H]2C[C@@H]2C(=O)O)c1C. The van der Waals surface area contributed by atoms with Crippen molar-refractivity contribution in [1.29, 1.82) is 0 Å². The Morgan fingerprint density at radius 3 is 2.59 bits per heavy atom. The summed E-state index contributed by atoms with van der Waals surface area (Å²) in [5, 5.41) is 11.6. The first kappa shape index (κ1) is 11.6. The van der Waals surface area contributed by atoms with Crippen molar-refractivity contribution in [2.75, 3.05) is 5.32 Å². The van der Waals surface area contributed by atoms with Gasteiger partial charge in [0, 0.05) is 5.69 Å². The lowest BCUT2D eigenvalue weighted by molar-refractivity contribution is -0.139. The van der Waals surface area contributed by atoms with Gasteiger partial charge in [-0.25, -0.2) is 0 Å². The smallest absolute Gasteiger partial charge is 0.307 e. The Kier molecular flexibility index (Phi) is 2.88. The van der Waals surface area contributed by atoms with Gasteiger partial charge in [-0.15, -0.1) is 0 Å². The molecule has 1 aromatic carbocycles. The monoisotopic (exact) mass is 233 g/mol. The molecule has 0 aromatic heterocycles. The Morgan fingerprint density at radius 2 is 2.00 bits per heavy atom. The predicted molar refractivity (Wildman–Crippen MR) is 63.8 cm³/mol. The van der Waals surface area contributed by atoms with Gasteiger partial charge in [-0.05, 0) is 37.5 Å². The number of carbonyl (C=O) groups is 2. The highest BCUT2D eigenvalue weighted by Crippen LogP contribution is 2.39. The molecule has 1 aliphatic rings. The Hall–Kier alpha value is -1.84. The maximum atomic E-state index is 11.8. The van der Waals surface area contributed by atoms with E-state index in [4.69, 9.17) is 5.11 Å². The lowest BCUT2D eigenvalue weighted by atomic mass is 10.1. The van der Waals surface area contributed by atoms with Gasteiger partial charge in [0.25, 0.3) is 0 Å². The maximum Gasteiger partial charge on any atom is 0.307 e. The molecule has 0 unspecified atom stereocenters. The molecular formula is C13H15NO3. The molecule has 2 rings (SSSR count).